The molecule has 0 bridgehead atoms. The largest absolute Gasteiger partial charge is 0.466 e. The van der Waals surface area contributed by atoms with Crippen LogP contribution in [0.5, 0.6) is 0 Å². The molecule has 0 aliphatic heterocycles. The maximum Gasteiger partial charge on any atom is 0.408 e. The molecule has 0 aromatic rings. The van der Waals surface area contributed by atoms with Gasteiger partial charge >= 0.3 is 12.1 Å². The van der Waals surface area contributed by atoms with Gasteiger partial charge in [-0.15, -0.1) is 0 Å². The molecule has 0 rings (SSSR count). The second kappa shape index (κ2) is 14.3. The predicted molar refractivity (Wildman–Crippen MR) is 167 cm³/mol. The summed E-state index contributed by atoms with van der Waals surface area (Å²) in [4.78, 5) is 24.9. The average molecular weight is 590 g/mol. The number of rotatable bonds is 13. The summed E-state index contributed by atoms with van der Waals surface area (Å²) in [6.45, 7) is 35.9. The van der Waals surface area contributed by atoms with Crippen LogP contribution in [0.4, 0.5) is 4.79 Å². The average Bonchev–Trinajstić information content (AvgIpc) is 2.65. The van der Waals surface area contributed by atoms with E-state index in [0.717, 1.165) is 6.42 Å². The lowest BCUT2D eigenvalue weighted by molar-refractivity contribution is -0.142. The summed E-state index contributed by atoms with van der Waals surface area (Å²) in [5.74, 6) is 0.201. The van der Waals surface area contributed by atoms with Crippen molar-refractivity contribution in [3.8, 4) is 0 Å². The van der Waals surface area contributed by atoms with Crippen molar-refractivity contribution in [3.05, 3.63) is 0 Å². The number of alkyl carbamates (subject to hydrolysis) is 1. The van der Waals surface area contributed by atoms with Crippen LogP contribution in [0.1, 0.15) is 103 Å². The highest BCUT2D eigenvalue weighted by Crippen LogP contribution is 2.41. The molecule has 39 heavy (non-hydrogen) atoms. The van der Waals surface area contributed by atoms with Gasteiger partial charge in [0.2, 0.25) is 0 Å². The smallest absolute Gasteiger partial charge is 0.408 e. The molecule has 1 N–H and O–H groups in total. The van der Waals surface area contributed by atoms with Gasteiger partial charge in [-0.1, -0.05) is 55.4 Å². The van der Waals surface area contributed by atoms with Crippen molar-refractivity contribution < 1.29 is 27.9 Å². The van der Waals surface area contributed by atoms with Crippen LogP contribution < -0.4 is 5.32 Å². The zero-order chi connectivity index (χ0) is 31.2. The van der Waals surface area contributed by atoms with Gasteiger partial charge in [0.1, 0.15) is 5.60 Å². The van der Waals surface area contributed by atoms with Crippen LogP contribution in [0.25, 0.3) is 0 Å². The monoisotopic (exact) mass is 589 g/mol. The molecule has 0 saturated heterocycles. The summed E-state index contributed by atoms with van der Waals surface area (Å²) in [6.07, 6.45) is 0.353. The molecule has 0 aromatic heterocycles. The Morgan fingerprint density at radius 2 is 1.23 bits per heavy atom. The fourth-order valence-corrected chi connectivity index (χ4v) is 6.74. The summed E-state index contributed by atoms with van der Waals surface area (Å²) >= 11 is 0. The van der Waals surface area contributed by atoms with Crippen LogP contribution in [-0.2, 0) is 23.1 Å². The predicted octanol–water partition coefficient (Wildman–Crippen LogP) is 8.30. The van der Waals surface area contributed by atoms with Crippen molar-refractivity contribution in [2.24, 2.45) is 11.8 Å². The molecular formula is C30H63NO6Si2. The van der Waals surface area contributed by atoms with Gasteiger partial charge in [0.25, 0.3) is 0 Å². The molecule has 0 unspecified atom stereocenters. The zero-order valence-corrected chi connectivity index (χ0v) is 30.5. The highest BCUT2D eigenvalue weighted by Gasteiger charge is 2.45. The number of hydrogen-bond acceptors (Lipinski definition) is 6. The normalized spacial score (nSPS) is 16.9. The van der Waals surface area contributed by atoms with E-state index in [-0.39, 0.29) is 34.2 Å². The van der Waals surface area contributed by atoms with E-state index >= 15 is 0 Å². The van der Waals surface area contributed by atoms with Gasteiger partial charge in [0.15, 0.2) is 16.6 Å². The quantitative estimate of drug-likeness (QED) is 0.172. The van der Waals surface area contributed by atoms with Gasteiger partial charge in [-0.3, -0.25) is 4.79 Å². The minimum absolute atomic E-state index is 0.00299. The summed E-state index contributed by atoms with van der Waals surface area (Å²) < 4.78 is 25.2. The van der Waals surface area contributed by atoms with Gasteiger partial charge in [-0.05, 0) is 88.6 Å². The standard InChI is InChI=1S/C30H63NO6Si2/c1-21(2)18-24(20-34-23(4)32)19-25(37-39(16,17)30(11,12)13)26(31-27(33)35-28(5,6)7)22(3)36-38(14,15)29(8,9)10/h21-22,24-26H,18-20H2,1-17H3,(H,31,33)/t22-,24-,25+,26+/m1/s1. The molecule has 0 aliphatic carbocycles. The van der Waals surface area contributed by atoms with Crippen molar-refractivity contribution in [1.82, 2.24) is 5.32 Å². The van der Waals surface area contributed by atoms with E-state index in [4.69, 9.17) is 18.3 Å². The van der Waals surface area contributed by atoms with Crippen LogP contribution in [0.2, 0.25) is 36.3 Å². The first-order valence-electron chi connectivity index (χ1n) is 14.7. The first kappa shape index (κ1) is 38.1. The van der Waals surface area contributed by atoms with E-state index in [9.17, 15) is 9.59 Å². The van der Waals surface area contributed by atoms with Gasteiger partial charge in [0, 0.05) is 6.92 Å². The van der Waals surface area contributed by atoms with E-state index < -0.39 is 34.4 Å². The van der Waals surface area contributed by atoms with E-state index in [0.29, 0.717) is 18.9 Å². The molecule has 0 aromatic carbocycles. The Kier molecular flexibility index (Phi) is 14.0. The second-order valence-corrected chi connectivity index (χ2v) is 25.2. The molecule has 4 atom stereocenters. The summed E-state index contributed by atoms with van der Waals surface area (Å²) in [6, 6.07) is -0.449. The van der Waals surface area contributed by atoms with Crippen molar-refractivity contribution >= 4 is 28.7 Å². The van der Waals surface area contributed by atoms with Gasteiger partial charge < -0.3 is 23.6 Å². The molecule has 0 fully saturated rings. The SMILES string of the molecule is CC(=O)OC[C@H](CC(C)C)C[C@H](O[Si](C)(C)C(C)(C)C)[C@@H](NC(=O)OC(C)(C)C)[C@@H](C)O[Si](C)(C)C(C)(C)C. The van der Waals surface area contributed by atoms with Crippen LogP contribution in [-0.4, -0.2) is 59.2 Å². The Balaban J connectivity index is 6.69. The topological polar surface area (TPSA) is 83.1 Å². The third kappa shape index (κ3) is 14.0. The van der Waals surface area contributed by atoms with E-state index in [2.05, 4.69) is 86.9 Å². The molecule has 1 amide bonds. The minimum Gasteiger partial charge on any atom is -0.466 e. The Hall–Kier alpha value is -0.906. The molecule has 0 spiro atoms. The van der Waals surface area contributed by atoms with Crippen LogP contribution in [0.15, 0.2) is 0 Å². The third-order valence-electron chi connectivity index (χ3n) is 8.02. The molecular weight excluding hydrogens is 527 g/mol. The Morgan fingerprint density at radius 1 is 0.769 bits per heavy atom. The van der Waals surface area contributed by atoms with Crippen molar-refractivity contribution in [1.29, 1.82) is 0 Å². The highest BCUT2D eigenvalue weighted by molar-refractivity contribution is 6.74. The number of hydrogen-bond donors (Lipinski definition) is 1. The molecule has 0 radical (unpaired) electrons. The molecule has 9 heteroatoms. The number of amides is 1. The summed E-state index contributed by atoms with van der Waals surface area (Å²) in [5, 5.41) is 3.14. The first-order chi connectivity index (χ1) is 17.2. The number of ether oxygens (including phenoxy) is 2. The molecule has 232 valence electrons. The molecule has 0 heterocycles. The number of esters is 1. The summed E-state index contributed by atoms with van der Waals surface area (Å²) in [7, 11) is -4.44. The maximum absolute atomic E-state index is 13.2. The van der Waals surface area contributed by atoms with Crippen LogP contribution in [0, 0.1) is 11.8 Å². The first-order valence-corrected chi connectivity index (χ1v) is 20.5. The van der Waals surface area contributed by atoms with Crippen molar-refractivity contribution in [3.63, 3.8) is 0 Å². The molecule has 7 nitrogen and oxygen atoms in total. The lowest BCUT2D eigenvalue weighted by atomic mass is 9.89. The second-order valence-electron chi connectivity index (χ2n) is 15.7. The summed E-state index contributed by atoms with van der Waals surface area (Å²) in [5.41, 5.74) is -0.635. The van der Waals surface area contributed by atoms with Gasteiger partial charge in [-0.2, -0.15) is 0 Å². The van der Waals surface area contributed by atoms with Crippen LogP contribution in [0.3, 0.4) is 0 Å². The third-order valence-corrected chi connectivity index (χ3v) is 17.1. The Labute approximate surface area is 243 Å². The Bertz CT molecular complexity index is 778. The van der Waals surface area contributed by atoms with Crippen molar-refractivity contribution in [2.75, 3.05) is 6.61 Å². The zero-order valence-electron chi connectivity index (χ0n) is 28.5. The van der Waals surface area contributed by atoms with Gasteiger partial charge in [0.05, 0.1) is 24.9 Å². The van der Waals surface area contributed by atoms with Gasteiger partial charge in [-0.25, -0.2) is 4.79 Å². The fraction of sp³-hybridized carbons (Fsp3) is 0.933. The minimum atomic E-state index is -2.27. The van der Waals surface area contributed by atoms with Crippen molar-refractivity contribution in [2.45, 2.75) is 163 Å². The fourth-order valence-electron chi connectivity index (χ4n) is 3.96. The molecule has 0 aliphatic rings. The highest BCUT2D eigenvalue weighted by atomic mass is 28.4. The number of carbonyl (C=O) groups excluding carboxylic acids is 2. The van der Waals surface area contributed by atoms with E-state index in [1.54, 1.807) is 0 Å². The number of carbonyl (C=O) groups is 2. The lowest BCUT2D eigenvalue weighted by Gasteiger charge is -2.46. The lowest BCUT2D eigenvalue weighted by Crippen LogP contribution is -2.59. The van der Waals surface area contributed by atoms with E-state index in [1.165, 1.54) is 6.92 Å². The Morgan fingerprint density at radius 3 is 1.62 bits per heavy atom. The van der Waals surface area contributed by atoms with E-state index in [1.807, 2.05) is 27.7 Å². The maximum atomic E-state index is 13.2. The molecule has 0 saturated carbocycles. The number of nitrogens with one attached hydrogen (secondary N) is 1. The van der Waals surface area contributed by atoms with Crippen LogP contribution >= 0.6 is 0 Å².